The monoisotopic (exact) mass is 369 g/mol. The van der Waals surface area contributed by atoms with Gasteiger partial charge in [-0.3, -0.25) is 9.59 Å². The van der Waals surface area contributed by atoms with E-state index in [1.807, 2.05) is 0 Å². The summed E-state index contributed by atoms with van der Waals surface area (Å²) in [4.78, 5) is 24.0. The molecule has 136 valence electrons. The highest BCUT2D eigenvalue weighted by molar-refractivity contribution is 5.93. The maximum atomic E-state index is 13.4. The summed E-state index contributed by atoms with van der Waals surface area (Å²) in [6.07, 6.45) is 0. The minimum atomic E-state index is -0.823. The third-order valence-electron chi connectivity index (χ3n) is 3.51. The molecule has 1 aromatic heterocycles. The first kappa shape index (κ1) is 18.1. The molecular weight excluding hydrogens is 356 g/mol. The van der Waals surface area contributed by atoms with Crippen LogP contribution >= 0.6 is 0 Å². The number of rotatable bonds is 4. The quantitative estimate of drug-likeness (QED) is 0.718. The standard InChI is InChI=1S/C20H13F2NO4/c21-13-7-8-18(15(22)11-13)26-10-4-3-9-23-20(25)19-12-16(24)14-5-1-2-6-17(14)27-19/h1-2,5-8,11-12H,9-10H2,(H,23,25). The van der Waals surface area contributed by atoms with Crippen molar-refractivity contribution in [3.8, 4) is 17.6 Å². The smallest absolute Gasteiger partial charge is 0.287 e. The van der Waals surface area contributed by atoms with E-state index in [2.05, 4.69) is 17.2 Å². The highest BCUT2D eigenvalue weighted by Gasteiger charge is 2.11. The van der Waals surface area contributed by atoms with E-state index in [4.69, 9.17) is 9.15 Å². The number of carbonyl (C=O) groups excluding carboxylic acids is 1. The van der Waals surface area contributed by atoms with Crippen molar-refractivity contribution in [2.45, 2.75) is 0 Å². The molecule has 27 heavy (non-hydrogen) atoms. The van der Waals surface area contributed by atoms with Crippen molar-refractivity contribution in [1.82, 2.24) is 5.32 Å². The topological polar surface area (TPSA) is 68.5 Å². The van der Waals surface area contributed by atoms with Crippen LogP contribution in [0.25, 0.3) is 11.0 Å². The van der Waals surface area contributed by atoms with Crippen molar-refractivity contribution < 1.29 is 22.7 Å². The fraction of sp³-hybridized carbons (Fsp3) is 0.100. The molecule has 0 spiro atoms. The molecule has 1 amide bonds. The summed E-state index contributed by atoms with van der Waals surface area (Å²) in [5.74, 6) is 2.85. The maximum absolute atomic E-state index is 13.4. The number of amides is 1. The second-order valence-corrected chi connectivity index (χ2v) is 5.37. The van der Waals surface area contributed by atoms with Gasteiger partial charge in [-0.1, -0.05) is 24.0 Å². The van der Waals surface area contributed by atoms with E-state index in [1.165, 1.54) is 0 Å². The van der Waals surface area contributed by atoms with Gasteiger partial charge in [0.15, 0.2) is 22.8 Å². The van der Waals surface area contributed by atoms with Crippen LogP contribution in [0.5, 0.6) is 5.75 Å². The average molecular weight is 369 g/mol. The molecule has 0 aliphatic rings. The Kier molecular flexibility index (Phi) is 5.47. The Morgan fingerprint density at radius 1 is 1.11 bits per heavy atom. The molecule has 0 unspecified atom stereocenters. The molecule has 0 atom stereocenters. The number of nitrogens with one attached hydrogen (secondary N) is 1. The van der Waals surface area contributed by atoms with Crippen molar-refractivity contribution in [3.05, 3.63) is 76.1 Å². The van der Waals surface area contributed by atoms with Gasteiger partial charge in [0.2, 0.25) is 0 Å². The van der Waals surface area contributed by atoms with Gasteiger partial charge in [0.25, 0.3) is 5.91 Å². The Balaban J connectivity index is 1.54. The minimum Gasteiger partial charge on any atom is -0.478 e. The highest BCUT2D eigenvalue weighted by Crippen LogP contribution is 2.17. The maximum Gasteiger partial charge on any atom is 0.287 e. The first-order chi connectivity index (χ1) is 13.0. The molecule has 0 saturated carbocycles. The molecular formula is C20H13F2NO4. The minimum absolute atomic E-state index is 0.0232. The van der Waals surface area contributed by atoms with E-state index < -0.39 is 17.5 Å². The van der Waals surface area contributed by atoms with Crippen LogP contribution in [0.4, 0.5) is 8.78 Å². The predicted molar refractivity (Wildman–Crippen MR) is 94.4 cm³/mol. The molecule has 0 radical (unpaired) electrons. The fourth-order valence-electron chi connectivity index (χ4n) is 2.25. The summed E-state index contributed by atoms with van der Waals surface area (Å²) in [5.41, 5.74) is -0.00114. The van der Waals surface area contributed by atoms with Gasteiger partial charge in [0.1, 0.15) is 18.0 Å². The molecule has 1 heterocycles. The van der Waals surface area contributed by atoms with E-state index >= 15 is 0 Å². The third-order valence-corrected chi connectivity index (χ3v) is 3.51. The average Bonchev–Trinajstić information content (AvgIpc) is 2.65. The first-order valence-electron chi connectivity index (χ1n) is 7.89. The molecule has 1 N–H and O–H groups in total. The van der Waals surface area contributed by atoms with Crippen molar-refractivity contribution >= 4 is 16.9 Å². The van der Waals surface area contributed by atoms with Crippen molar-refractivity contribution in [2.24, 2.45) is 0 Å². The summed E-state index contributed by atoms with van der Waals surface area (Å²) in [6, 6.07) is 10.7. The normalized spacial score (nSPS) is 10.1. The molecule has 0 saturated heterocycles. The van der Waals surface area contributed by atoms with Crippen LogP contribution in [0.2, 0.25) is 0 Å². The van der Waals surface area contributed by atoms with E-state index in [9.17, 15) is 18.4 Å². The highest BCUT2D eigenvalue weighted by atomic mass is 19.1. The largest absolute Gasteiger partial charge is 0.478 e. The Morgan fingerprint density at radius 2 is 1.93 bits per heavy atom. The van der Waals surface area contributed by atoms with Crippen LogP contribution in [0, 0.1) is 23.5 Å². The summed E-state index contributed by atoms with van der Waals surface area (Å²) in [7, 11) is 0. The second kappa shape index (κ2) is 8.15. The van der Waals surface area contributed by atoms with Gasteiger partial charge in [-0.25, -0.2) is 8.78 Å². The van der Waals surface area contributed by atoms with Gasteiger partial charge in [0, 0.05) is 12.1 Å². The number of carbonyl (C=O) groups is 1. The predicted octanol–water partition coefficient (Wildman–Crippen LogP) is 2.88. The van der Waals surface area contributed by atoms with Gasteiger partial charge in [-0.05, 0) is 24.3 Å². The number of hydrogen-bond donors (Lipinski definition) is 1. The molecule has 7 heteroatoms. The Labute approximate surface area is 152 Å². The Bertz CT molecular complexity index is 1110. The van der Waals surface area contributed by atoms with Gasteiger partial charge in [0.05, 0.1) is 11.9 Å². The number of ether oxygens (including phenoxy) is 1. The van der Waals surface area contributed by atoms with Crippen LogP contribution < -0.4 is 15.5 Å². The Morgan fingerprint density at radius 3 is 2.74 bits per heavy atom. The van der Waals surface area contributed by atoms with Crippen LogP contribution in [-0.2, 0) is 0 Å². The van der Waals surface area contributed by atoms with Crippen molar-refractivity contribution in [3.63, 3.8) is 0 Å². The molecule has 5 nitrogen and oxygen atoms in total. The summed E-state index contributed by atoms with van der Waals surface area (Å²) in [5, 5.41) is 2.87. The zero-order chi connectivity index (χ0) is 19.2. The zero-order valence-electron chi connectivity index (χ0n) is 13.9. The lowest BCUT2D eigenvalue weighted by Gasteiger charge is -2.03. The summed E-state index contributed by atoms with van der Waals surface area (Å²) >= 11 is 0. The van der Waals surface area contributed by atoms with Crippen LogP contribution in [-0.4, -0.2) is 19.1 Å². The third kappa shape index (κ3) is 4.50. The second-order valence-electron chi connectivity index (χ2n) is 5.37. The van der Waals surface area contributed by atoms with Crippen LogP contribution in [0.3, 0.4) is 0 Å². The summed E-state index contributed by atoms with van der Waals surface area (Å²) < 4.78 is 36.6. The van der Waals surface area contributed by atoms with E-state index in [1.54, 1.807) is 24.3 Å². The van der Waals surface area contributed by atoms with Crippen LogP contribution in [0.1, 0.15) is 10.6 Å². The zero-order valence-corrected chi connectivity index (χ0v) is 13.9. The number of halogens is 2. The van der Waals surface area contributed by atoms with Crippen LogP contribution in [0.15, 0.2) is 57.7 Å². The van der Waals surface area contributed by atoms with Gasteiger partial charge >= 0.3 is 0 Å². The lowest BCUT2D eigenvalue weighted by molar-refractivity contribution is 0.0931. The van der Waals surface area contributed by atoms with E-state index in [0.29, 0.717) is 17.0 Å². The molecule has 0 fully saturated rings. The number of hydrogen-bond acceptors (Lipinski definition) is 4. The first-order valence-corrected chi connectivity index (χ1v) is 7.89. The molecule has 0 bridgehead atoms. The van der Waals surface area contributed by atoms with Gasteiger partial charge < -0.3 is 14.5 Å². The molecule has 0 aliphatic heterocycles. The van der Waals surface area contributed by atoms with E-state index in [-0.39, 0.29) is 30.1 Å². The summed E-state index contributed by atoms with van der Waals surface area (Å²) in [6.45, 7) is -0.159. The van der Waals surface area contributed by atoms with Gasteiger partial charge in [-0.15, -0.1) is 0 Å². The fourth-order valence-corrected chi connectivity index (χ4v) is 2.25. The lowest BCUT2D eigenvalue weighted by atomic mass is 10.2. The lowest BCUT2D eigenvalue weighted by Crippen LogP contribution is -2.24. The molecule has 2 aromatic carbocycles. The van der Waals surface area contributed by atoms with E-state index in [0.717, 1.165) is 18.2 Å². The SMILES string of the molecule is O=C(NCC#CCOc1ccc(F)cc1F)c1cc(=O)c2ccccc2o1. The number of para-hydroxylation sites is 1. The Hall–Kier alpha value is -3.66. The molecule has 0 aliphatic carbocycles. The van der Waals surface area contributed by atoms with Gasteiger partial charge in [-0.2, -0.15) is 0 Å². The number of benzene rings is 2. The number of fused-ring (bicyclic) bond motifs is 1. The molecule has 3 aromatic rings. The van der Waals surface area contributed by atoms with Crippen molar-refractivity contribution in [2.75, 3.05) is 13.2 Å². The van der Waals surface area contributed by atoms with Crippen molar-refractivity contribution in [1.29, 1.82) is 0 Å². The molecule has 3 rings (SSSR count).